The molecule has 2 aromatic heterocycles. The molecule has 0 fully saturated rings. The molecule has 8 nitrogen and oxygen atoms in total. The Hall–Kier alpha value is -2.68. The molecule has 0 aliphatic heterocycles. The highest BCUT2D eigenvalue weighted by atomic mass is 79.9. The van der Waals surface area contributed by atoms with E-state index in [-0.39, 0.29) is 0 Å². The summed E-state index contributed by atoms with van der Waals surface area (Å²) in [4.78, 5) is 31.2. The smallest absolute Gasteiger partial charge is 0.303 e. The SMILES string of the molecule is C/C(=N/Nc1nc2c(c(=O)[nH]c(=O)n2C)n1CCC(C)C)c1ccc(Br)cc1. The van der Waals surface area contributed by atoms with Crippen molar-refractivity contribution in [2.24, 2.45) is 18.1 Å². The summed E-state index contributed by atoms with van der Waals surface area (Å²) in [6.45, 7) is 6.70. The molecule has 2 N–H and O–H groups in total. The van der Waals surface area contributed by atoms with E-state index in [4.69, 9.17) is 0 Å². The topological polar surface area (TPSA) is 97.1 Å². The summed E-state index contributed by atoms with van der Waals surface area (Å²) in [7, 11) is 1.58. The van der Waals surface area contributed by atoms with Gasteiger partial charge in [-0.25, -0.2) is 10.2 Å². The molecular weight excluding hydrogens is 424 g/mol. The van der Waals surface area contributed by atoms with Crippen LogP contribution in [-0.4, -0.2) is 24.8 Å². The number of rotatable bonds is 6. The van der Waals surface area contributed by atoms with Gasteiger partial charge >= 0.3 is 5.69 Å². The van der Waals surface area contributed by atoms with Crippen molar-refractivity contribution >= 4 is 38.8 Å². The van der Waals surface area contributed by atoms with Gasteiger partial charge in [0.25, 0.3) is 5.56 Å². The standard InChI is InChI=1S/C19H23BrN6O2/c1-11(2)9-10-26-15-16(25(4)19(28)22-17(15)27)21-18(26)24-23-12(3)13-5-7-14(20)8-6-13/h5-8,11H,9-10H2,1-4H3,(H,21,24)(H,22,27,28)/b23-12-. The van der Waals surface area contributed by atoms with Crippen LogP contribution < -0.4 is 16.7 Å². The highest BCUT2D eigenvalue weighted by molar-refractivity contribution is 9.10. The number of aromatic amines is 1. The van der Waals surface area contributed by atoms with Crippen LogP contribution in [-0.2, 0) is 13.6 Å². The van der Waals surface area contributed by atoms with Gasteiger partial charge in [0.15, 0.2) is 11.2 Å². The van der Waals surface area contributed by atoms with Crippen LogP contribution >= 0.6 is 15.9 Å². The molecule has 0 saturated carbocycles. The minimum Gasteiger partial charge on any atom is -0.303 e. The number of nitrogens with one attached hydrogen (secondary N) is 2. The second-order valence-corrected chi connectivity index (χ2v) is 7.99. The molecule has 3 rings (SSSR count). The van der Waals surface area contributed by atoms with E-state index in [0.29, 0.717) is 29.6 Å². The molecular formula is C19H23BrN6O2. The minimum atomic E-state index is -0.493. The Morgan fingerprint density at radius 3 is 2.61 bits per heavy atom. The van der Waals surface area contributed by atoms with Gasteiger partial charge in [-0.2, -0.15) is 10.1 Å². The first kappa shape index (κ1) is 20.1. The van der Waals surface area contributed by atoms with Gasteiger partial charge in [-0.15, -0.1) is 0 Å². The molecule has 148 valence electrons. The van der Waals surface area contributed by atoms with E-state index in [1.807, 2.05) is 31.2 Å². The van der Waals surface area contributed by atoms with E-state index in [0.717, 1.165) is 22.2 Å². The van der Waals surface area contributed by atoms with Crippen LogP contribution in [0.2, 0.25) is 0 Å². The fourth-order valence-electron chi connectivity index (χ4n) is 2.81. The summed E-state index contributed by atoms with van der Waals surface area (Å²) < 4.78 is 4.11. The average molecular weight is 447 g/mol. The van der Waals surface area contributed by atoms with Crippen molar-refractivity contribution in [3.8, 4) is 0 Å². The van der Waals surface area contributed by atoms with Crippen LogP contribution in [0.1, 0.15) is 32.8 Å². The van der Waals surface area contributed by atoms with Gasteiger partial charge in [-0.3, -0.25) is 14.3 Å². The van der Waals surface area contributed by atoms with E-state index >= 15 is 0 Å². The largest absolute Gasteiger partial charge is 0.329 e. The Labute approximate surface area is 170 Å². The van der Waals surface area contributed by atoms with Crippen molar-refractivity contribution in [2.45, 2.75) is 33.7 Å². The van der Waals surface area contributed by atoms with Crippen LogP contribution in [0.15, 0.2) is 43.4 Å². The molecule has 3 aromatic rings. The number of fused-ring (bicyclic) bond motifs is 1. The monoisotopic (exact) mass is 446 g/mol. The zero-order chi connectivity index (χ0) is 20.4. The van der Waals surface area contributed by atoms with Crippen LogP contribution in [0.4, 0.5) is 5.95 Å². The van der Waals surface area contributed by atoms with Crippen LogP contribution in [0.5, 0.6) is 0 Å². The maximum atomic E-state index is 12.4. The Morgan fingerprint density at radius 1 is 1.29 bits per heavy atom. The fraction of sp³-hybridized carbons (Fsp3) is 0.368. The second-order valence-electron chi connectivity index (χ2n) is 7.08. The number of hydrogen-bond donors (Lipinski definition) is 2. The lowest BCUT2D eigenvalue weighted by Crippen LogP contribution is -2.29. The van der Waals surface area contributed by atoms with Gasteiger partial charge in [0.1, 0.15) is 0 Å². The number of aryl methyl sites for hydroxylation is 2. The molecule has 0 bridgehead atoms. The molecule has 0 radical (unpaired) electrons. The third-order valence-corrected chi connectivity index (χ3v) is 5.05. The number of halogens is 1. The molecule has 0 aliphatic rings. The fourth-order valence-corrected chi connectivity index (χ4v) is 3.08. The number of imidazole rings is 1. The Bertz CT molecular complexity index is 1140. The van der Waals surface area contributed by atoms with Crippen LogP contribution in [0.25, 0.3) is 11.2 Å². The Morgan fingerprint density at radius 2 is 1.96 bits per heavy atom. The molecule has 0 unspecified atom stereocenters. The van der Waals surface area contributed by atoms with Crippen LogP contribution in [0, 0.1) is 5.92 Å². The number of nitrogens with zero attached hydrogens (tertiary/aromatic N) is 4. The van der Waals surface area contributed by atoms with Crippen molar-refractivity contribution < 1.29 is 0 Å². The third kappa shape index (κ3) is 4.09. The first-order chi connectivity index (χ1) is 13.3. The highest BCUT2D eigenvalue weighted by Crippen LogP contribution is 2.18. The highest BCUT2D eigenvalue weighted by Gasteiger charge is 2.17. The van der Waals surface area contributed by atoms with E-state index in [1.165, 1.54) is 4.57 Å². The number of anilines is 1. The minimum absolute atomic E-state index is 0.330. The maximum absolute atomic E-state index is 12.4. The lowest BCUT2D eigenvalue weighted by Gasteiger charge is -2.10. The molecule has 9 heteroatoms. The number of benzene rings is 1. The molecule has 1 aromatic carbocycles. The molecule has 28 heavy (non-hydrogen) atoms. The summed E-state index contributed by atoms with van der Waals surface area (Å²) in [6, 6.07) is 7.81. The van der Waals surface area contributed by atoms with Gasteiger partial charge in [0.05, 0.1) is 5.71 Å². The Balaban J connectivity index is 2.05. The van der Waals surface area contributed by atoms with E-state index in [2.05, 4.69) is 50.3 Å². The Kier molecular flexibility index (Phi) is 5.83. The van der Waals surface area contributed by atoms with Crippen molar-refractivity contribution in [2.75, 3.05) is 5.43 Å². The zero-order valence-electron chi connectivity index (χ0n) is 16.3. The number of hydrogen-bond acceptors (Lipinski definition) is 5. The average Bonchev–Trinajstić information content (AvgIpc) is 3.02. The number of aromatic nitrogens is 4. The molecule has 0 atom stereocenters. The van der Waals surface area contributed by atoms with Crippen molar-refractivity contribution in [1.29, 1.82) is 0 Å². The molecule has 0 saturated heterocycles. The molecule has 0 aliphatic carbocycles. The maximum Gasteiger partial charge on any atom is 0.329 e. The second kappa shape index (κ2) is 8.14. The summed E-state index contributed by atoms with van der Waals surface area (Å²) in [6.07, 6.45) is 0.859. The molecule has 0 amide bonds. The van der Waals surface area contributed by atoms with E-state index in [9.17, 15) is 9.59 Å². The quantitative estimate of drug-likeness (QED) is 0.448. The first-order valence-corrected chi connectivity index (χ1v) is 9.83. The molecule has 0 spiro atoms. The predicted molar refractivity (Wildman–Crippen MR) is 115 cm³/mol. The van der Waals surface area contributed by atoms with Crippen molar-refractivity contribution in [1.82, 2.24) is 19.1 Å². The zero-order valence-corrected chi connectivity index (χ0v) is 17.9. The van der Waals surface area contributed by atoms with Gasteiger partial charge in [0, 0.05) is 18.1 Å². The van der Waals surface area contributed by atoms with Crippen LogP contribution in [0.3, 0.4) is 0 Å². The summed E-state index contributed by atoms with van der Waals surface area (Å²) in [5.41, 5.74) is 4.46. The lowest BCUT2D eigenvalue weighted by atomic mass is 10.1. The van der Waals surface area contributed by atoms with E-state index in [1.54, 1.807) is 11.6 Å². The summed E-state index contributed by atoms with van der Waals surface area (Å²) in [5.74, 6) is 0.878. The predicted octanol–water partition coefficient (Wildman–Crippen LogP) is 3.07. The van der Waals surface area contributed by atoms with Crippen molar-refractivity contribution in [3.63, 3.8) is 0 Å². The number of hydrazone groups is 1. The van der Waals surface area contributed by atoms with Gasteiger partial charge in [0.2, 0.25) is 5.95 Å². The number of H-pyrrole nitrogens is 1. The van der Waals surface area contributed by atoms with Gasteiger partial charge < -0.3 is 4.57 Å². The van der Waals surface area contributed by atoms with Gasteiger partial charge in [-0.1, -0.05) is 41.9 Å². The molecule has 2 heterocycles. The normalized spacial score (nSPS) is 12.1. The van der Waals surface area contributed by atoms with E-state index < -0.39 is 11.2 Å². The first-order valence-electron chi connectivity index (χ1n) is 9.03. The lowest BCUT2D eigenvalue weighted by molar-refractivity contribution is 0.524. The van der Waals surface area contributed by atoms with Crippen molar-refractivity contribution in [3.05, 3.63) is 55.1 Å². The third-order valence-electron chi connectivity index (χ3n) is 4.52. The summed E-state index contributed by atoms with van der Waals surface area (Å²) >= 11 is 3.42. The summed E-state index contributed by atoms with van der Waals surface area (Å²) in [5, 5.41) is 4.43. The van der Waals surface area contributed by atoms with Gasteiger partial charge in [-0.05, 0) is 37.0 Å².